The van der Waals surface area contributed by atoms with E-state index < -0.39 is 23.5 Å². The second kappa shape index (κ2) is 6.94. The molecule has 1 nitrogen and oxygen atoms in total. The van der Waals surface area contributed by atoms with E-state index in [0.717, 1.165) is 20.6 Å². The highest BCUT2D eigenvalue weighted by atomic mass is 79.9. The number of halogens is 4. The van der Waals surface area contributed by atoms with E-state index in [0.29, 0.717) is 18.7 Å². The number of nitrogens with one attached hydrogen (secondary N) is 1. The molecule has 2 aromatic rings. The molecule has 0 bridgehead atoms. The van der Waals surface area contributed by atoms with Crippen LogP contribution in [0.15, 0.2) is 22.0 Å². The van der Waals surface area contributed by atoms with E-state index in [-0.39, 0.29) is 5.56 Å². The van der Waals surface area contributed by atoms with E-state index >= 15 is 0 Å². The second-order valence-corrected chi connectivity index (χ2v) is 7.18. The van der Waals surface area contributed by atoms with Gasteiger partial charge in [0.15, 0.2) is 0 Å². The van der Waals surface area contributed by atoms with E-state index in [4.69, 9.17) is 0 Å². The van der Waals surface area contributed by atoms with Crippen molar-refractivity contribution in [2.45, 2.75) is 26.3 Å². The third kappa shape index (κ3) is 3.67. The van der Waals surface area contributed by atoms with Crippen LogP contribution in [0, 0.1) is 24.4 Å². The first kappa shape index (κ1) is 16.5. The van der Waals surface area contributed by atoms with Crippen molar-refractivity contribution in [2.75, 3.05) is 6.54 Å². The molecular weight excluding hydrogens is 363 g/mol. The summed E-state index contributed by atoms with van der Waals surface area (Å²) >= 11 is 4.83. The molecule has 1 aromatic carbocycles. The van der Waals surface area contributed by atoms with Crippen LogP contribution in [0.2, 0.25) is 0 Å². The number of hydrogen-bond acceptors (Lipinski definition) is 2. The monoisotopic (exact) mass is 377 g/mol. The first-order valence-electron chi connectivity index (χ1n) is 6.57. The first-order valence-corrected chi connectivity index (χ1v) is 8.18. The molecule has 1 atom stereocenters. The van der Waals surface area contributed by atoms with E-state index in [1.807, 2.05) is 19.9 Å². The summed E-state index contributed by atoms with van der Waals surface area (Å²) in [5, 5.41) is 3.13. The maximum Gasteiger partial charge on any atom is 0.134 e. The summed E-state index contributed by atoms with van der Waals surface area (Å²) in [5.74, 6) is -2.65. The Bertz CT molecular complexity index is 599. The zero-order chi connectivity index (χ0) is 15.6. The van der Waals surface area contributed by atoms with Crippen molar-refractivity contribution in [3.05, 3.63) is 55.4 Å². The van der Waals surface area contributed by atoms with Gasteiger partial charge >= 0.3 is 0 Å². The van der Waals surface area contributed by atoms with Crippen LogP contribution in [0.1, 0.15) is 35.4 Å². The topological polar surface area (TPSA) is 12.0 Å². The molecule has 2 rings (SSSR count). The van der Waals surface area contributed by atoms with Crippen LogP contribution >= 0.6 is 27.3 Å². The van der Waals surface area contributed by atoms with Crippen molar-refractivity contribution < 1.29 is 13.2 Å². The van der Waals surface area contributed by atoms with Gasteiger partial charge in [0.1, 0.15) is 17.5 Å². The van der Waals surface area contributed by atoms with Crippen LogP contribution < -0.4 is 5.32 Å². The fraction of sp³-hybridized carbons (Fsp3) is 0.333. The largest absolute Gasteiger partial charge is 0.305 e. The van der Waals surface area contributed by atoms with Crippen molar-refractivity contribution in [3.8, 4) is 0 Å². The third-order valence-electron chi connectivity index (χ3n) is 3.09. The van der Waals surface area contributed by atoms with Gasteiger partial charge in [-0.2, -0.15) is 0 Å². The SMILES string of the molecule is CCCNC(c1cc(C)c(Br)s1)c1c(F)cc(F)cc1F. The van der Waals surface area contributed by atoms with Crippen LogP contribution in [-0.4, -0.2) is 6.54 Å². The Morgan fingerprint density at radius 2 is 1.81 bits per heavy atom. The fourth-order valence-corrected chi connectivity index (χ4v) is 3.75. The molecule has 0 spiro atoms. The van der Waals surface area contributed by atoms with Crippen molar-refractivity contribution in [1.29, 1.82) is 0 Å². The Morgan fingerprint density at radius 1 is 1.19 bits per heavy atom. The van der Waals surface area contributed by atoms with E-state index in [9.17, 15) is 13.2 Å². The Hall–Kier alpha value is -0.850. The van der Waals surface area contributed by atoms with E-state index in [1.54, 1.807) is 0 Å². The lowest BCUT2D eigenvalue weighted by Crippen LogP contribution is -2.24. The van der Waals surface area contributed by atoms with Crippen LogP contribution in [0.5, 0.6) is 0 Å². The zero-order valence-electron chi connectivity index (χ0n) is 11.6. The maximum atomic E-state index is 14.1. The molecule has 0 aliphatic rings. The predicted octanol–water partition coefficient (Wildman–Crippen LogP) is 5.33. The summed E-state index contributed by atoms with van der Waals surface area (Å²) in [6, 6.07) is 2.69. The molecule has 0 aliphatic heterocycles. The fourth-order valence-electron chi connectivity index (χ4n) is 2.09. The molecular formula is C15H15BrF3NS. The highest BCUT2D eigenvalue weighted by Gasteiger charge is 2.24. The number of hydrogen-bond donors (Lipinski definition) is 1. The molecule has 0 radical (unpaired) electrons. The maximum absolute atomic E-state index is 14.1. The lowest BCUT2D eigenvalue weighted by Gasteiger charge is -2.19. The molecule has 0 saturated heterocycles. The molecule has 1 heterocycles. The smallest absolute Gasteiger partial charge is 0.134 e. The standard InChI is InChI=1S/C15H15BrF3NS/c1-3-4-20-14(12-5-8(2)15(16)21-12)13-10(18)6-9(17)7-11(13)19/h5-7,14,20H,3-4H2,1-2H3. The Labute approximate surface area is 134 Å². The van der Waals surface area contributed by atoms with E-state index in [1.165, 1.54) is 11.3 Å². The van der Waals surface area contributed by atoms with Crippen molar-refractivity contribution in [1.82, 2.24) is 5.32 Å². The molecule has 0 saturated carbocycles. The lowest BCUT2D eigenvalue weighted by molar-refractivity contribution is 0.489. The van der Waals surface area contributed by atoms with Crippen molar-refractivity contribution >= 4 is 27.3 Å². The van der Waals surface area contributed by atoms with Gasteiger partial charge in [0.2, 0.25) is 0 Å². The normalized spacial score (nSPS) is 12.7. The summed E-state index contributed by atoms with van der Waals surface area (Å²) in [6.07, 6.45) is 0.826. The second-order valence-electron chi connectivity index (χ2n) is 4.78. The van der Waals surface area contributed by atoms with E-state index in [2.05, 4.69) is 21.2 Å². The van der Waals surface area contributed by atoms with Gasteiger partial charge in [0.25, 0.3) is 0 Å². The summed E-state index contributed by atoms with van der Waals surface area (Å²) < 4.78 is 42.1. The van der Waals surface area contributed by atoms with Gasteiger partial charge in [0.05, 0.1) is 9.83 Å². The molecule has 0 fully saturated rings. The van der Waals surface area contributed by atoms with Crippen LogP contribution in [-0.2, 0) is 0 Å². The summed E-state index contributed by atoms with van der Waals surface area (Å²) in [6.45, 7) is 4.49. The highest BCUT2D eigenvalue weighted by molar-refractivity contribution is 9.11. The van der Waals surface area contributed by atoms with Crippen LogP contribution in [0.4, 0.5) is 13.2 Å². The summed E-state index contributed by atoms with van der Waals surface area (Å²) in [5.41, 5.74) is 0.861. The summed E-state index contributed by atoms with van der Waals surface area (Å²) in [7, 11) is 0. The average molecular weight is 378 g/mol. The van der Waals surface area contributed by atoms with Gasteiger partial charge in [-0.1, -0.05) is 6.92 Å². The molecule has 1 N–H and O–H groups in total. The van der Waals surface area contributed by atoms with Crippen molar-refractivity contribution in [3.63, 3.8) is 0 Å². The van der Waals surface area contributed by atoms with Gasteiger partial charge in [-0.3, -0.25) is 0 Å². The molecule has 0 aliphatic carbocycles. The van der Waals surface area contributed by atoms with Crippen LogP contribution in [0.25, 0.3) is 0 Å². The predicted molar refractivity (Wildman–Crippen MR) is 83.2 cm³/mol. The van der Waals surface area contributed by atoms with Gasteiger partial charge in [-0.15, -0.1) is 11.3 Å². The minimum atomic E-state index is -0.911. The Kier molecular flexibility index (Phi) is 5.46. The average Bonchev–Trinajstić information content (AvgIpc) is 2.72. The quantitative estimate of drug-likeness (QED) is 0.742. The molecule has 6 heteroatoms. The highest BCUT2D eigenvalue weighted by Crippen LogP contribution is 2.36. The molecule has 0 amide bonds. The molecule has 1 unspecified atom stereocenters. The van der Waals surface area contributed by atoms with Crippen molar-refractivity contribution in [2.24, 2.45) is 0 Å². The molecule has 114 valence electrons. The van der Waals surface area contributed by atoms with Gasteiger partial charge in [-0.05, 0) is 47.4 Å². The van der Waals surface area contributed by atoms with Gasteiger partial charge in [-0.25, -0.2) is 13.2 Å². The van der Waals surface area contributed by atoms with Crippen LogP contribution in [0.3, 0.4) is 0 Å². The van der Waals surface area contributed by atoms with Gasteiger partial charge in [0, 0.05) is 22.6 Å². The minimum absolute atomic E-state index is 0.140. The Morgan fingerprint density at radius 3 is 2.29 bits per heavy atom. The Balaban J connectivity index is 2.50. The van der Waals surface area contributed by atoms with Gasteiger partial charge < -0.3 is 5.32 Å². The number of benzene rings is 1. The summed E-state index contributed by atoms with van der Waals surface area (Å²) in [4.78, 5) is 0.789. The number of aryl methyl sites for hydroxylation is 1. The minimum Gasteiger partial charge on any atom is -0.305 e. The number of rotatable bonds is 5. The zero-order valence-corrected chi connectivity index (χ0v) is 14.0. The lowest BCUT2D eigenvalue weighted by atomic mass is 10.0. The molecule has 21 heavy (non-hydrogen) atoms. The first-order chi connectivity index (χ1) is 9.93. The molecule has 1 aromatic heterocycles. The number of thiophene rings is 1. The third-order valence-corrected chi connectivity index (χ3v) is 5.29.